The standard InChI is InChI=1S/C21H22N2O3S/c1-11-4-7-14(8-5-11)21(25)26-13(3)18-22-19(24)17-15-9-6-12(2)10-16(15)27-20(17)23-18/h4-5,7-8,12-13H,6,9-10H2,1-3H3,(H,22,23,24)/t12-,13+/m1/s1. The van der Waals surface area contributed by atoms with Gasteiger partial charge < -0.3 is 9.72 Å². The van der Waals surface area contributed by atoms with Gasteiger partial charge in [0, 0.05) is 4.88 Å². The summed E-state index contributed by atoms with van der Waals surface area (Å²) >= 11 is 1.59. The molecule has 27 heavy (non-hydrogen) atoms. The third-order valence-corrected chi connectivity index (χ3v) is 6.29. The van der Waals surface area contributed by atoms with Crippen LogP contribution in [0.3, 0.4) is 0 Å². The molecule has 2 heterocycles. The summed E-state index contributed by atoms with van der Waals surface area (Å²) in [6, 6.07) is 7.20. The summed E-state index contributed by atoms with van der Waals surface area (Å²) in [5.41, 5.74) is 2.57. The highest BCUT2D eigenvalue weighted by molar-refractivity contribution is 7.18. The van der Waals surface area contributed by atoms with Crippen LogP contribution in [0.2, 0.25) is 0 Å². The number of aromatic amines is 1. The Labute approximate surface area is 161 Å². The average Bonchev–Trinajstić information content (AvgIpc) is 2.99. The van der Waals surface area contributed by atoms with Crippen molar-refractivity contribution in [3.05, 3.63) is 62.0 Å². The van der Waals surface area contributed by atoms with Crippen LogP contribution < -0.4 is 5.56 Å². The normalized spacial score (nSPS) is 17.5. The lowest BCUT2D eigenvalue weighted by Crippen LogP contribution is -2.18. The van der Waals surface area contributed by atoms with Crippen LogP contribution in [0, 0.1) is 12.8 Å². The van der Waals surface area contributed by atoms with Gasteiger partial charge in [0.1, 0.15) is 4.83 Å². The van der Waals surface area contributed by atoms with E-state index < -0.39 is 12.1 Å². The zero-order chi connectivity index (χ0) is 19.1. The maximum Gasteiger partial charge on any atom is 0.338 e. The number of hydrogen-bond acceptors (Lipinski definition) is 5. The summed E-state index contributed by atoms with van der Waals surface area (Å²) < 4.78 is 5.52. The monoisotopic (exact) mass is 382 g/mol. The van der Waals surface area contributed by atoms with Gasteiger partial charge in [-0.05, 0) is 56.7 Å². The van der Waals surface area contributed by atoms with E-state index in [4.69, 9.17) is 4.74 Å². The van der Waals surface area contributed by atoms with Crippen LogP contribution >= 0.6 is 11.3 Å². The molecule has 1 aromatic carbocycles. The quantitative estimate of drug-likeness (QED) is 0.684. The number of thiophene rings is 1. The van der Waals surface area contributed by atoms with Gasteiger partial charge in [0.25, 0.3) is 5.56 Å². The van der Waals surface area contributed by atoms with Crippen LogP contribution in [0.25, 0.3) is 10.2 Å². The molecule has 1 aliphatic rings. The third kappa shape index (κ3) is 3.41. The number of nitrogens with zero attached hydrogens (tertiary/aromatic N) is 1. The van der Waals surface area contributed by atoms with Gasteiger partial charge in [-0.15, -0.1) is 11.3 Å². The molecule has 0 unspecified atom stereocenters. The molecule has 0 saturated heterocycles. The fourth-order valence-corrected chi connectivity index (χ4v) is 4.92. The number of rotatable bonds is 3. The van der Waals surface area contributed by atoms with Gasteiger partial charge in [-0.2, -0.15) is 0 Å². The first-order valence-corrected chi connectivity index (χ1v) is 10.1. The van der Waals surface area contributed by atoms with Gasteiger partial charge in [-0.1, -0.05) is 24.6 Å². The molecule has 1 aliphatic carbocycles. The number of nitrogens with one attached hydrogen (secondary N) is 1. The number of fused-ring (bicyclic) bond motifs is 3. The van der Waals surface area contributed by atoms with Crippen molar-refractivity contribution in [2.45, 2.75) is 46.1 Å². The van der Waals surface area contributed by atoms with E-state index in [-0.39, 0.29) is 5.56 Å². The summed E-state index contributed by atoms with van der Waals surface area (Å²) in [6.45, 7) is 5.93. The van der Waals surface area contributed by atoms with Crippen molar-refractivity contribution in [2.75, 3.05) is 0 Å². The van der Waals surface area contributed by atoms with Crippen molar-refractivity contribution < 1.29 is 9.53 Å². The number of esters is 1. The Morgan fingerprint density at radius 3 is 2.81 bits per heavy atom. The molecule has 0 saturated carbocycles. The van der Waals surface area contributed by atoms with Crippen molar-refractivity contribution in [3.63, 3.8) is 0 Å². The molecule has 2 aromatic heterocycles. The summed E-state index contributed by atoms with van der Waals surface area (Å²) in [6.07, 6.45) is 2.40. The summed E-state index contributed by atoms with van der Waals surface area (Å²) in [4.78, 5) is 34.5. The number of ether oxygens (including phenoxy) is 1. The molecule has 2 atom stereocenters. The van der Waals surface area contributed by atoms with Crippen molar-refractivity contribution in [1.29, 1.82) is 0 Å². The van der Waals surface area contributed by atoms with Gasteiger partial charge in [-0.25, -0.2) is 9.78 Å². The lowest BCUT2D eigenvalue weighted by atomic mass is 9.89. The number of carbonyl (C=O) groups excluding carboxylic acids is 1. The molecule has 0 spiro atoms. The molecule has 0 amide bonds. The maximum absolute atomic E-state index is 12.7. The van der Waals surface area contributed by atoms with Crippen LogP contribution in [-0.2, 0) is 17.6 Å². The molecule has 4 rings (SSSR count). The fraction of sp³-hybridized carbons (Fsp3) is 0.381. The number of aromatic nitrogens is 2. The lowest BCUT2D eigenvalue weighted by molar-refractivity contribution is 0.0320. The second-order valence-corrected chi connectivity index (χ2v) is 8.48. The van der Waals surface area contributed by atoms with Crippen molar-refractivity contribution in [2.24, 2.45) is 5.92 Å². The Morgan fingerprint density at radius 1 is 1.33 bits per heavy atom. The van der Waals surface area contributed by atoms with E-state index in [1.165, 1.54) is 4.88 Å². The van der Waals surface area contributed by atoms with Gasteiger partial charge in [0.05, 0.1) is 10.9 Å². The second kappa shape index (κ2) is 6.93. The van der Waals surface area contributed by atoms with E-state index in [1.807, 2.05) is 19.1 Å². The highest BCUT2D eigenvalue weighted by Gasteiger charge is 2.24. The molecular weight excluding hydrogens is 360 g/mol. The molecule has 3 aromatic rings. The SMILES string of the molecule is Cc1ccc(C(=O)O[C@@H](C)c2nc3sc4c(c3c(=O)[nH]2)CC[C@@H](C)C4)cc1. The van der Waals surface area contributed by atoms with Crippen molar-refractivity contribution in [1.82, 2.24) is 9.97 Å². The smallest absolute Gasteiger partial charge is 0.338 e. The van der Waals surface area contributed by atoms with E-state index in [0.717, 1.165) is 35.2 Å². The first kappa shape index (κ1) is 17.9. The van der Waals surface area contributed by atoms with Crippen LogP contribution in [0.1, 0.15) is 58.6 Å². The van der Waals surface area contributed by atoms with Gasteiger partial charge in [0.15, 0.2) is 11.9 Å². The molecule has 140 valence electrons. The number of H-pyrrole nitrogens is 1. The topological polar surface area (TPSA) is 72.0 Å². The molecule has 0 radical (unpaired) electrons. The molecule has 0 bridgehead atoms. The fourth-order valence-electron chi connectivity index (χ4n) is 3.53. The van der Waals surface area contributed by atoms with E-state index in [1.54, 1.807) is 30.4 Å². The number of benzene rings is 1. The Hall–Kier alpha value is -2.47. The first-order valence-electron chi connectivity index (χ1n) is 9.24. The average molecular weight is 382 g/mol. The number of aryl methyl sites for hydroxylation is 2. The number of carbonyl (C=O) groups is 1. The largest absolute Gasteiger partial charge is 0.451 e. The minimum absolute atomic E-state index is 0.139. The number of hydrogen-bond donors (Lipinski definition) is 1. The predicted molar refractivity (Wildman–Crippen MR) is 106 cm³/mol. The second-order valence-electron chi connectivity index (χ2n) is 7.40. The summed E-state index contributed by atoms with van der Waals surface area (Å²) in [5, 5.41) is 0.711. The van der Waals surface area contributed by atoms with E-state index >= 15 is 0 Å². The first-order chi connectivity index (χ1) is 12.9. The molecule has 5 nitrogen and oxygen atoms in total. The van der Waals surface area contributed by atoms with Crippen LogP contribution in [0.4, 0.5) is 0 Å². The highest BCUT2D eigenvalue weighted by atomic mass is 32.1. The Bertz CT molecular complexity index is 1070. The van der Waals surface area contributed by atoms with E-state index in [0.29, 0.717) is 22.7 Å². The Kier molecular flexibility index (Phi) is 4.60. The third-order valence-electron chi connectivity index (χ3n) is 5.14. The summed E-state index contributed by atoms with van der Waals surface area (Å²) in [5.74, 6) is 0.600. The van der Waals surface area contributed by atoms with Gasteiger partial charge in [0.2, 0.25) is 0 Å². The summed E-state index contributed by atoms with van der Waals surface area (Å²) in [7, 11) is 0. The molecule has 0 fully saturated rings. The molecule has 0 aliphatic heterocycles. The van der Waals surface area contributed by atoms with Crippen LogP contribution in [-0.4, -0.2) is 15.9 Å². The van der Waals surface area contributed by atoms with Gasteiger partial charge in [-0.3, -0.25) is 4.79 Å². The molecular formula is C21H22N2O3S. The minimum Gasteiger partial charge on any atom is -0.451 e. The Balaban J connectivity index is 1.62. The van der Waals surface area contributed by atoms with Crippen molar-refractivity contribution >= 4 is 27.5 Å². The van der Waals surface area contributed by atoms with Crippen molar-refractivity contribution in [3.8, 4) is 0 Å². The van der Waals surface area contributed by atoms with E-state index in [2.05, 4.69) is 16.9 Å². The minimum atomic E-state index is -0.631. The van der Waals surface area contributed by atoms with Gasteiger partial charge >= 0.3 is 5.97 Å². The lowest BCUT2D eigenvalue weighted by Gasteiger charge is -2.17. The van der Waals surface area contributed by atoms with Crippen LogP contribution in [0.15, 0.2) is 29.1 Å². The molecule has 1 N–H and O–H groups in total. The van der Waals surface area contributed by atoms with E-state index in [9.17, 15) is 9.59 Å². The maximum atomic E-state index is 12.7. The van der Waals surface area contributed by atoms with Crippen LogP contribution in [0.5, 0.6) is 0 Å². The zero-order valence-corrected chi connectivity index (χ0v) is 16.5. The predicted octanol–water partition coefficient (Wildman–Crippen LogP) is 4.34. The molecule has 6 heteroatoms. The Morgan fingerprint density at radius 2 is 2.07 bits per heavy atom. The highest BCUT2D eigenvalue weighted by Crippen LogP contribution is 2.36. The zero-order valence-electron chi connectivity index (χ0n) is 15.7.